The predicted molar refractivity (Wildman–Crippen MR) is 165 cm³/mol. The second-order valence-electron chi connectivity index (χ2n) is 9.96. The zero-order valence-electron chi connectivity index (χ0n) is 22.5. The largest absolute Gasteiger partial charge is 0.399 e. The van der Waals surface area contributed by atoms with Gasteiger partial charge in [0, 0.05) is 43.4 Å². The summed E-state index contributed by atoms with van der Waals surface area (Å²) in [6.45, 7) is 4.53. The molecule has 1 aliphatic rings. The summed E-state index contributed by atoms with van der Waals surface area (Å²) in [5, 5.41) is 8.84. The quantitative estimate of drug-likeness (QED) is 0.241. The van der Waals surface area contributed by atoms with Crippen molar-refractivity contribution in [1.82, 2.24) is 20.0 Å². The van der Waals surface area contributed by atoms with Gasteiger partial charge in [0.15, 0.2) is 11.0 Å². The maximum Gasteiger partial charge on any atom is 0.265 e. The number of sulfonamides is 1. The fraction of sp³-hybridized carbons (Fsp3) is 0.267. The maximum atomic E-state index is 13.6. The molecule has 41 heavy (non-hydrogen) atoms. The molecule has 1 fully saturated rings. The van der Waals surface area contributed by atoms with E-state index in [2.05, 4.69) is 56.4 Å². The molecule has 0 spiro atoms. The van der Waals surface area contributed by atoms with E-state index >= 15 is 0 Å². The van der Waals surface area contributed by atoms with Crippen LogP contribution in [0.1, 0.15) is 23.6 Å². The zero-order valence-corrected chi connectivity index (χ0v) is 24.8. The molecule has 214 valence electrons. The number of aromatic nitrogens is 2. The fourth-order valence-corrected chi connectivity index (χ4v) is 6.82. The first kappa shape index (κ1) is 29.3. The van der Waals surface area contributed by atoms with E-state index in [1.54, 1.807) is 24.3 Å². The molecule has 8 nitrogen and oxygen atoms in total. The molecule has 0 amide bonds. The van der Waals surface area contributed by atoms with Crippen LogP contribution in [-0.2, 0) is 10.0 Å². The van der Waals surface area contributed by atoms with Gasteiger partial charge in [0.05, 0.1) is 10.9 Å². The SMILES string of the molecule is Nc1ccc(S(=O)(=O)N(CCCN2CCN([C@H](c3ccccc3)c3ccc(Cl)cc3)CC2)c2ccc(Cl)nn2)cc1. The molecule has 0 bridgehead atoms. The predicted octanol–water partition coefficient (Wildman–Crippen LogP) is 5.36. The second kappa shape index (κ2) is 13.2. The van der Waals surface area contributed by atoms with Gasteiger partial charge in [0.25, 0.3) is 10.0 Å². The second-order valence-corrected chi connectivity index (χ2v) is 12.6. The number of anilines is 2. The van der Waals surface area contributed by atoms with Crippen LogP contribution in [0, 0.1) is 0 Å². The van der Waals surface area contributed by atoms with Crippen LogP contribution >= 0.6 is 23.2 Å². The molecule has 4 aromatic rings. The van der Waals surface area contributed by atoms with E-state index in [1.165, 1.54) is 27.6 Å². The molecular weight excluding hydrogens is 579 g/mol. The van der Waals surface area contributed by atoms with Crippen LogP contribution < -0.4 is 10.0 Å². The number of halogens is 2. The molecule has 0 aliphatic carbocycles. The zero-order chi connectivity index (χ0) is 28.8. The van der Waals surface area contributed by atoms with Crippen LogP contribution in [0.5, 0.6) is 0 Å². The number of hydrogen-bond acceptors (Lipinski definition) is 7. The van der Waals surface area contributed by atoms with E-state index < -0.39 is 10.0 Å². The van der Waals surface area contributed by atoms with Gasteiger partial charge in [-0.25, -0.2) is 12.7 Å². The molecule has 2 N–H and O–H groups in total. The van der Waals surface area contributed by atoms with Gasteiger partial charge >= 0.3 is 0 Å². The third-order valence-electron chi connectivity index (χ3n) is 7.25. The van der Waals surface area contributed by atoms with Crippen LogP contribution in [0.4, 0.5) is 11.5 Å². The average molecular weight is 612 g/mol. The van der Waals surface area contributed by atoms with Crippen molar-refractivity contribution >= 4 is 44.7 Å². The molecule has 11 heteroatoms. The lowest BCUT2D eigenvalue weighted by molar-refractivity contribution is 0.109. The monoisotopic (exact) mass is 610 g/mol. The van der Waals surface area contributed by atoms with Gasteiger partial charge in [-0.15, -0.1) is 10.2 Å². The molecule has 1 aromatic heterocycles. The Hall–Kier alpha value is -3.21. The van der Waals surface area contributed by atoms with Crippen LogP contribution in [0.3, 0.4) is 0 Å². The van der Waals surface area contributed by atoms with Crippen LogP contribution in [0.15, 0.2) is 95.9 Å². The van der Waals surface area contributed by atoms with Crippen molar-refractivity contribution in [1.29, 1.82) is 0 Å². The lowest BCUT2D eigenvalue weighted by Gasteiger charge is -2.40. The Morgan fingerprint density at radius 2 is 1.46 bits per heavy atom. The first-order valence-electron chi connectivity index (χ1n) is 13.5. The lowest BCUT2D eigenvalue weighted by Crippen LogP contribution is -2.48. The Kier molecular flexibility index (Phi) is 9.42. The smallest absolute Gasteiger partial charge is 0.265 e. The van der Waals surface area contributed by atoms with Crippen LogP contribution in [0.25, 0.3) is 0 Å². The van der Waals surface area contributed by atoms with Crippen LogP contribution in [-0.4, -0.2) is 67.7 Å². The van der Waals surface area contributed by atoms with Gasteiger partial charge in [0.2, 0.25) is 0 Å². The minimum absolute atomic E-state index is 0.139. The van der Waals surface area contributed by atoms with Crippen molar-refractivity contribution in [2.24, 2.45) is 0 Å². The number of benzene rings is 3. The Morgan fingerprint density at radius 3 is 2.10 bits per heavy atom. The summed E-state index contributed by atoms with van der Waals surface area (Å²) in [5.41, 5.74) is 8.73. The first-order chi connectivity index (χ1) is 19.8. The normalized spacial score (nSPS) is 15.5. The van der Waals surface area contributed by atoms with Crippen molar-refractivity contribution in [3.8, 4) is 0 Å². The maximum absolute atomic E-state index is 13.6. The highest BCUT2D eigenvalue weighted by Gasteiger charge is 2.28. The minimum atomic E-state index is -3.88. The number of nitrogens with two attached hydrogens (primary N) is 1. The van der Waals surface area contributed by atoms with E-state index in [0.717, 1.165) is 37.7 Å². The molecule has 1 atom stereocenters. The van der Waals surface area contributed by atoms with Gasteiger partial charge in [-0.05, 0) is 72.6 Å². The molecule has 2 heterocycles. The average Bonchev–Trinajstić information content (AvgIpc) is 2.98. The van der Waals surface area contributed by atoms with Crippen molar-refractivity contribution in [3.63, 3.8) is 0 Å². The number of nitrogens with zero attached hydrogens (tertiary/aromatic N) is 5. The van der Waals surface area contributed by atoms with Crippen molar-refractivity contribution in [2.45, 2.75) is 17.4 Å². The van der Waals surface area contributed by atoms with Gasteiger partial charge < -0.3 is 10.6 Å². The topological polar surface area (TPSA) is 95.7 Å². The third-order valence-corrected chi connectivity index (χ3v) is 9.52. The van der Waals surface area contributed by atoms with E-state index in [-0.39, 0.29) is 28.5 Å². The lowest BCUT2D eigenvalue weighted by atomic mass is 9.96. The molecule has 0 saturated carbocycles. The number of rotatable bonds is 10. The van der Waals surface area contributed by atoms with E-state index in [1.807, 2.05) is 18.2 Å². The highest BCUT2D eigenvalue weighted by atomic mass is 35.5. The van der Waals surface area contributed by atoms with E-state index in [0.29, 0.717) is 12.1 Å². The Bertz CT molecular complexity index is 1510. The standard InChI is InChI=1S/C30H32Cl2N6O2S/c31-25-9-7-24(8-10-25)30(23-5-2-1-3-6-23)37-21-19-36(20-22-37)17-4-18-38(29-16-15-28(32)34-35-29)41(39,40)27-13-11-26(33)12-14-27/h1-3,5-16,30H,4,17-22,33H2/t30-/m1/s1. The summed E-state index contributed by atoms with van der Waals surface area (Å²) in [6.07, 6.45) is 0.623. The molecule has 1 saturated heterocycles. The van der Waals surface area contributed by atoms with Crippen LogP contribution in [0.2, 0.25) is 10.2 Å². The molecule has 5 rings (SSSR count). The highest BCUT2D eigenvalue weighted by molar-refractivity contribution is 7.92. The summed E-state index contributed by atoms with van der Waals surface area (Å²) in [5.74, 6) is 0.227. The minimum Gasteiger partial charge on any atom is -0.399 e. The van der Waals surface area contributed by atoms with Gasteiger partial charge in [-0.2, -0.15) is 0 Å². The van der Waals surface area contributed by atoms with E-state index in [4.69, 9.17) is 28.9 Å². The Morgan fingerprint density at radius 1 is 0.805 bits per heavy atom. The van der Waals surface area contributed by atoms with Crippen molar-refractivity contribution < 1.29 is 8.42 Å². The van der Waals surface area contributed by atoms with Gasteiger partial charge in [-0.1, -0.05) is 65.7 Å². The third kappa shape index (κ3) is 7.17. The summed E-state index contributed by atoms with van der Waals surface area (Å²) < 4.78 is 28.4. The molecule has 0 radical (unpaired) electrons. The number of hydrogen-bond donors (Lipinski definition) is 1. The van der Waals surface area contributed by atoms with Crippen molar-refractivity contribution in [2.75, 3.05) is 49.3 Å². The molecule has 3 aromatic carbocycles. The highest BCUT2D eigenvalue weighted by Crippen LogP contribution is 2.30. The molecule has 0 unspecified atom stereocenters. The Labute approximate surface area is 251 Å². The van der Waals surface area contributed by atoms with Crippen molar-refractivity contribution in [3.05, 3.63) is 112 Å². The van der Waals surface area contributed by atoms with Gasteiger partial charge in [0.1, 0.15) is 0 Å². The number of piperazine rings is 1. The summed E-state index contributed by atoms with van der Waals surface area (Å²) >= 11 is 12.1. The number of nitrogen functional groups attached to an aromatic ring is 1. The van der Waals surface area contributed by atoms with Gasteiger partial charge in [-0.3, -0.25) is 4.90 Å². The molecular formula is C30H32Cl2N6O2S. The summed E-state index contributed by atoms with van der Waals surface area (Å²) in [4.78, 5) is 5.02. The van der Waals surface area contributed by atoms with E-state index in [9.17, 15) is 8.42 Å². The fourth-order valence-electron chi connectivity index (χ4n) is 5.14. The first-order valence-corrected chi connectivity index (χ1v) is 15.7. The Balaban J connectivity index is 1.25. The summed E-state index contributed by atoms with van der Waals surface area (Å²) in [7, 11) is -3.88. The summed E-state index contributed by atoms with van der Waals surface area (Å²) in [6, 6.07) is 28.0. The molecule has 1 aliphatic heterocycles.